The zero-order valence-electron chi connectivity index (χ0n) is 23.3. The van der Waals surface area contributed by atoms with Gasteiger partial charge in [-0.2, -0.15) is 0 Å². The molecule has 4 aromatic rings. The van der Waals surface area contributed by atoms with Crippen molar-refractivity contribution < 1.29 is 0 Å². The number of likely N-dealkylation sites (tertiary alicyclic amines) is 1. The average molecular weight is 524 g/mol. The number of fused-ring (bicyclic) bond motifs is 1. The molecule has 6 rings (SSSR count). The highest BCUT2D eigenvalue weighted by Crippen LogP contribution is 2.38. The van der Waals surface area contributed by atoms with Crippen LogP contribution >= 0.6 is 0 Å². The number of piperidine rings is 1. The predicted molar refractivity (Wildman–Crippen MR) is 168 cm³/mol. The average Bonchev–Trinajstić information content (AvgIpc) is 3.03. The maximum atomic E-state index is 5.06. The minimum absolute atomic E-state index is 0.509. The monoisotopic (exact) mass is 523 g/mol. The van der Waals surface area contributed by atoms with Gasteiger partial charge in [0.1, 0.15) is 0 Å². The molecular formula is C37H37N3. The third-order valence-corrected chi connectivity index (χ3v) is 8.25. The SMILES string of the molecule is CC(=C1CC(c2ccccc2)=Nc2ccccc21)N1CCC(N(C=Cc2ccccc2)Cc2ccccc2)CC1. The molecule has 0 saturated carbocycles. The molecule has 200 valence electrons. The van der Waals surface area contributed by atoms with Crippen molar-refractivity contribution in [3.63, 3.8) is 0 Å². The second kappa shape index (κ2) is 12.2. The lowest BCUT2D eigenvalue weighted by atomic mass is 9.90. The van der Waals surface area contributed by atoms with Gasteiger partial charge in [-0.1, -0.05) is 109 Å². The molecule has 0 unspecified atom stereocenters. The second-order valence-electron chi connectivity index (χ2n) is 10.8. The Labute approximate surface area is 238 Å². The summed E-state index contributed by atoms with van der Waals surface area (Å²) in [5, 5.41) is 0. The first-order valence-corrected chi connectivity index (χ1v) is 14.4. The maximum Gasteiger partial charge on any atom is 0.0709 e. The molecular weight excluding hydrogens is 486 g/mol. The summed E-state index contributed by atoms with van der Waals surface area (Å²) in [5.41, 5.74) is 10.1. The van der Waals surface area contributed by atoms with Crippen molar-refractivity contribution >= 4 is 23.0 Å². The molecule has 40 heavy (non-hydrogen) atoms. The van der Waals surface area contributed by atoms with Crippen molar-refractivity contribution in [3.8, 4) is 0 Å². The summed E-state index contributed by atoms with van der Waals surface area (Å²) in [5.74, 6) is 0. The van der Waals surface area contributed by atoms with Crippen LogP contribution in [0.3, 0.4) is 0 Å². The van der Waals surface area contributed by atoms with Crippen LogP contribution in [0.15, 0.2) is 132 Å². The number of para-hydroxylation sites is 1. The Morgan fingerprint density at radius 2 is 1.43 bits per heavy atom. The van der Waals surface area contributed by atoms with Crippen LogP contribution in [0.5, 0.6) is 0 Å². The topological polar surface area (TPSA) is 18.8 Å². The lowest BCUT2D eigenvalue weighted by molar-refractivity contribution is 0.161. The van der Waals surface area contributed by atoms with Crippen LogP contribution in [0.2, 0.25) is 0 Å². The molecule has 0 atom stereocenters. The lowest BCUT2D eigenvalue weighted by Gasteiger charge is -2.40. The lowest BCUT2D eigenvalue weighted by Crippen LogP contribution is -2.42. The number of nitrogens with zero attached hydrogens (tertiary/aromatic N) is 3. The zero-order valence-corrected chi connectivity index (χ0v) is 23.3. The van der Waals surface area contributed by atoms with Gasteiger partial charge in [-0.05, 0) is 54.2 Å². The Kier molecular flexibility index (Phi) is 7.90. The fourth-order valence-corrected chi connectivity index (χ4v) is 5.96. The molecule has 1 fully saturated rings. The molecule has 0 N–H and O–H groups in total. The first kappa shape index (κ1) is 25.9. The van der Waals surface area contributed by atoms with E-state index >= 15 is 0 Å². The van der Waals surface area contributed by atoms with E-state index in [2.05, 4.69) is 144 Å². The van der Waals surface area contributed by atoms with Gasteiger partial charge in [0.25, 0.3) is 0 Å². The van der Waals surface area contributed by atoms with Crippen molar-refractivity contribution in [1.29, 1.82) is 0 Å². The molecule has 0 aromatic heterocycles. The normalized spacial score (nSPS) is 16.9. The van der Waals surface area contributed by atoms with Gasteiger partial charge in [0, 0.05) is 49.6 Å². The van der Waals surface area contributed by atoms with E-state index in [0.717, 1.165) is 50.3 Å². The van der Waals surface area contributed by atoms with Crippen LogP contribution in [0.1, 0.15) is 48.4 Å². The third-order valence-electron chi connectivity index (χ3n) is 8.25. The van der Waals surface area contributed by atoms with Gasteiger partial charge >= 0.3 is 0 Å². The molecule has 0 amide bonds. The summed E-state index contributed by atoms with van der Waals surface area (Å²) < 4.78 is 0. The van der Waals surface area contributed by atoms with Crippen LogP contribution in [0.4, 0.5) is 5.69 Å². The van der Waals surface area contributed by atoms with Gasteiger partial charge in [-0.25, -0.2) is 0 Å². The fourth-order valence-electron chi connectivity index (χ4n) is 5.96. The number of benzene rings is 4. The van der Waals surface area contributed by atoms with E-state index in [-0.39, 0.29) is 0 Å². The number of hydrogen-bond donors (Lipinski definition) is 0. The quantitative estimate of drug-likeness (QED) is 0.242. The number of hydrogen-bond acceptors (Lipinski definition) is 3. The first-order chi connectivity index (χ1) is 19.7. The Morgan fingerprint density at radius 1 is 0.800 bits per heavy atom. The maximum absolute atomic E-state index is 5.06. The van der Waals surface area contributed by atoms with Gasteiger partial charge in [-0.3, -0.25) is 4.99 Å². The van der Waals surface area contributed by atoms with Crippen LogP contribution in [0.25, 0.3) is 11.6 Å². The smallest absolute Gasteiger partial charge is 0.0709 e. The molecule has 0 bridgehead atoms. The summed E-state index contributed by atoms with van der Waals surface area (Å²) >= 11 is 0. The Bertz CT molecular complexity index is 1500. The van der Waals surface area contributed by atoms with Crippen molar-refractivity contribution in [3.05, 3.63) is 149 Å². The van der Waals surface area contributed by atoms with E-state index in [4.69, 9.17) is 4.99 Å². The summed E-state index contributed by atoms with van der Waals surface area (Å²) in [6.45, 7) is 5.37. The summed E-state index contributed by atoms with van der Waals surface area (Å²) in [4.78, 5) is 10.2. The Hall–Kier alpha value is -4.37. The fraction of sp³-hybridized carbons (Fsp3) is 0.216. The highest BCUT2D eigenvalue weighted by molar-refractivity contribution is 6.10. The molecule has 3 nitrogen and oxygen atoms in total. The van der Waals surface area contributed by atoms with Crippen molar-refractivity contribution in [2.24, 2.45) is 4.99 Å². The molecule has 2 aliphatic heterocycles. The van der Waals surface area contributed by atoms with Gasteiger partial charge in [0.2, 0.25) is 0 Å². The Balaban J connectivity index is 1.22. The van der Waals surface area contributed by atoms with E-state index in [0.29, 0.717) is 6.04 Å². The van der Waals surface area contributed by atoms with Crippen molar-refractivity contribution in [2.45, 2.75) is 38.8 Å². The van der Waals surface area contributed by atoms with Crippen LogP contribution < -0.4 is 0 Å². The van der Waals surface area contributed by atoms with Gasteiger partial charge in [-0.15, -0.1) is 0 Å². The highest BCUT2D eigenvalue weighted by atomic mass is 15.2. The van der Waals surface area contributed by atoms with Gasteiger partial charge in [0.05, 0.1) is 11.4 Å². The van der Waals surface area contributed by atoms with Crippen LogP contribution in [0, 0.1) is 0 Å². The third kappa shape index (κ3) is 5.94. The zero-order chi connectivity index (χ0) is 27.1. The largest absolute Gasteiger partial charge is 0.375 e. The van der Waals surface area contributed by atoms with E-state index < -0.39 is 0 Å². The van der Waals surface area contributed by atoms with Crippen molar-refractivity contribution in [1.82, 2.24) is 9.80 Å². The minimum atomic E-state index is 0.509. The number of allylic oxidation sites excluding steroid dienone is 2. The second-order valence-corrected chi connectivity index (χ2v) is 10.8. The van der Waals surface area contributed by atoms with E-state index in [1.165, 1.54) is 33.5 Å². The predicted octanol–water partition coefficient (Wildman–Crippen LogP) is 8.58. The Morgan fingerprint density at radius 3 is 2.15 bits per heavy atom. The molecule has 0 radical (unpaired) electrons. The number of rotatable bonds is 7. The molecule has 2 heterocycles. The van der Waals surface area contributed by atoms with Crippen LogP contribution in [-0.2, 0) is 6.54 Å². The molecule has 0 aliphatic carbocycles. The highest BCUT2D eigenvalue weighted by Gasteiger charge is 2.27. The summed E-state index contributed by atoms with van der Waals surface area (Å²) in [7, 11) is 0. The number of aliphatic imine (C=N–C) groups is 1. The van der Waals surface area contributed by atoms with E-state index in [1.807, 2.05) is 0 Å². The molecule has 3 heteroatoms. The molecule has 0 spiro atoms. The van der Waals surface area contributed by atoms with E-state index in [1.54, 1.807) is 0 Å². The first-order valence-electron chi connectivity index (χ1n) is 14.4. The van der Waals surface area contributed by atoms with E-state index in [9.17, 15) is 0 Å². The van der Waals surface area contributed by atoms with Crippen molar-refractivity contribution in [2.75, 3.05) is 13.1 Å². The van der Waals surface area contributed by atoms with Gasteiger partial charge < -0.3 is 9.80 Å². The van der Waals surface area contributed by atoms with Crippen LogP contribution in [-0.4, -0.2) is 34.6 Å². The standard InChI is InChI=1S/C37H37N3/c1-29(35-27-37(32-17-9-4-10-18-32)38-36-20-12-11-19-34(35)36)39-25-22-33(23-26-39)40(28-31-15-7-3-8-16-31)24-21-30-13-5-2-6-14-30/h2-21,24,33H,22-23,25-28H2,1H3. The van der Waals surface area contributed by atoms with Gasteiger partial charge in [0.15, 0.2) is 0 Å². The summed E-state index contributed by atoms with van der Waals surface area (Å²) in [6.07, 6.45) is 7.71. The molecule has 2 aliphatic rings. The minimum Gasteiger partial charge on any atom is -0.375 e. The molecule has 1 saturated heterocycles. The summed E-state index contributed by atoms with van der Waals surface area (Å²) in [6, 6.07) is 41.2. The molecule has 4 aromatic carbocycles.